The Bertz CT molecular complexity index is 1400. The van der Waals surface area contributed by atoms with E-state index in [1.54, 1.807) is 0 Å². The number of halogens is 3. The van der Waals surface area contributed by atoms with Gasteiger partial charge in [0.15, 0.2) is 10.6 Å². The number of fused-ring (bicyclic) bond motifs is 1. The summed E-state index contributed by atoms with van der Waals surface area (Å²) in [7, 11) is -3.79. The molecular weight excluding hydrogens is 492 g/mol. The molecule has 1 amide bonds. The summed E-state index contributed by atoms with van der Waals surface area (Å²) < 4.78 is 57.1. The molecule has 1 aliphatic heterocycles. The molecule has 11 heteroatoms. The Balaban J connectivity index is 1.65. The van der Waals surface area contributed by atoms with Crippen molar-refractivity contribution in [1.82, 2.24) is 8.87 Å². The van der Waals surface area contributed by atoms with Crippen LogP contribution in [0.1, 0.15) is 12.8 Å². The van der Waals surface area contributed by atoms with E-state index in [-0.39, 0.29) is 28.3 Å². The van der Waals surface area contributed by atoms with E-state index in [0.717, 1.165) is 17.4 Å². The van der Waals surface area contributed by atoms with E-state index in [1.807, 2.05) is 0 Å². The van der Waals surface area contributed by atoms with Crippen molar-refractivity contribution in [3.8, 4) is 0 Å². The first-order valence-corrected chi connectivity index (χ1v) is 12.8. The predicted octanol–water partition coefficient (Wildman–Crippen LogP) is 4.35. The summed E-state index contributed by atoms with van der Waals surface area (Å²) in [6, 6.07) is 7.82. The van der Waals surface area contributed by atoms with Crippen LogP contribution in [0.25, 0.3) is 10.2 Å². The van der Waals surface area contributed by atoms with Crippen LogP contribution in [0.2, 0.25) is 5.02 Å². The predicted molar refractivity (Wildman–Crippen MR) is 123 cm³/mol. The minimum Gasteiger partial charge on any atom is -0.310 e. The number of rotatable bonds is 5. The highest BCUT2D eigenvalue weighted by atomic mass is 35.5. The number of allylic oxidation sites excluding steroid dienone is 1. The van der Waals surface area contributed by atoms with Crippen LogP contribution >= 0.6 is 22.9 Å². The van der Waals surface area contributed by atoms with E-state index in [2.05, 4.69) is 11.6 Å². The van der Waals surface area contributed by atoms with Crippen molar-refractivity contribution in [3.05, 3.63) is 70.5 Å². The van der Waals surface area contributed by atoms with E-state index in [0.29, 0.717) is 29.1 Å². The van der Waals surface area contributed by atoms with Crippen molar-refractivity contribution in [3.63, 3.8) is 0 Å². The highest BCUT2D eigenvalue weighted by Crippen LogP contribution is 2.26. The van der Waals surface area contributed by atoms with Crippen LogP contribution in [0.15, 0.2) is 58.9 Å². The molecule has 3 aromatic rings. The molecule has 0 saturated carbocycles. The molecule has 0 spiro atoms. The maximum atomic E-state index is 14.4. The van der Waals surface area contributed by atoms with Gasteiger partial charge in [-0.1, -0.05) is 29.0 Å². The minimum atomic E-state index is -3.79. The van der Waals surface area contributed by atoms with E-state index in [9.17, 15) is 22.0 Å². The van der Waals surface area contributed by atoms with Gasteiger partial charge >= 0.3 is 0 Å². The Kier molecular flexibility index (Phi) is 6.81. The molecule has 33 heavy (non-hydrogen) atoms. The van der Waals surface area contributed by atoms with Gasteiger partial charge in [-0.15, -0.1) is 6.58 Å². The van der Waals surface area contributed by atoms with Gasteiger partial charge in [-0.2, -0.15) is 9.30 Å². The fourth-order valence-electron chi connectivity index (χ4n) is 3.82. The summed E-state index contributed by atoms with van der Waals surface area (Å²) in [6.45, 7) is 4.11. The number of carbonyl (C=O) groups is 1. The second-order valence-electron chi connectivity index (χ2n) is 7.62. The maximum Gasteiger partial charge on any atom is 0.252 e. The molecule has 1 aromatic heterocycles. The van der Waals surface area contributed by atoms with Crippen LogP contribution in [0.3, 0.4) is 0 Å². The summed E-state index contributed by atoms with van der Waals surface area (Å²) >= 11 is 6.85. The molecule has 1 atom stereocenters. The first kappa shape index (κ1) is 23.7. The van der Waals surface area contributed by atoms with E-state index in [1.165, 1.54) is 45.3 Å². The van der Waals surface area contributed by atoms with E-state index in [4.69, 9.17) is 11.6 Å². The second-order valence-corrected chi connectivity index (χ2v) is 11.0. The molecule has 0 radical (unpaired) electrons. The topological polar surface area (TPSA) is 71.7 Å². The van der Waals surface area contributed by atoms with Crippen LogP contribution < -0.4 is 4.80 Å². The Labute approximate surface area is 198 Å². The maximum absolute atomic E-state index is 14.4. The highest BCUT2D eigenvalue weighted by Gasteiger charge is 2.33. The number of amides is 1. The van der Waals surface area contributed by atoms with Crippen LogP contribution in [-0.4, -0.2) is 36.3 Å². The molecule has 1 fully saturated rings. The third kappa shape index (κ3) is 4.79. The molecule has 2 aromatic carbocycles. The number of carbonyl (C=O) groups excluding carboxylic acids is 1. The lowest BCUT2D eigenvalue weighted by Gasteiger charge is -2.30. The molecule has 4 rings (SSSR count). The second kappa shape index (κ2) is 9.46. The third-order valence-electron chi connectivity index (χ3n) is 5.40. The zero-order chi connectivity index (χ0) is 23.8. The first-order chi connectivity index (χ1) is 15.7. The van der Waals surface area contributed by atoms with Crippen LogP contribution in [-0.2, 0) is 21.4 Å². The molecule has 0 aliphatic carbocycles. The Morgan fingerprint density at radius 3 is 2.70 bits per heavy atom. The molecule has 2 heterocycles. The molecule has 1 saturated heterocycles. The van der Waals surface area contributed by atoms with Crippen molar-refractivity contribution in [2.45, 2.75) is 24.3 Å². The van der Waals surface area contributed by atoms with Crippen LogP contribution in [0, 0.1) is 17.6 Å². The molecule has 1 aliphatic rings. The first-order valence-electron chi connectivity index (χ1n) is 10.1. The van der Waals surface area contributed by atoms with Gasteiger partial charge in [0.1, 0.15) is 5.82 Å². The third-order valence-corrected chi connectivity index (χ3v) is 8.55. The van der Waals surface area contributed by atoms with Crippen molar-refractivity contribution in [1.29, 1.82) is 0 Å². The lowest BCUT2D eigenvalue weighted by Crippen LogP contribution is -2.42. The van der Waals surface area contributed by atoms with Crippen molar-refractivity contribution in [2.75, 3.05) is 13.1 Å². The Hall–Kier alpha value is -2.40. The standard InChI is InChI=1S/C22H20ClF2N3O3S2/c1-2-9-28-20-18(25)11-16(24)12-19(20)32-22(28)26-21(29)14-4-3-10-27(13-14)33(30,31)17-7-5-15(23)6-8-17/h2,5-8,11-12,14H,1,3-4,9-10,13H2. The summed E-state index contributed by atoms with van der Waals surface area (Å²) in [6.07, 6.45) is 2.50. The zero-order valence-corrected chi connectivity index (χ0v) is 19.8. The number of hydrogen-bond donors (Lipinski definition) is 0. The number of aromatic nitrogens is 1. The Morgan fingerprint density at radius 1 is 1.27 bits per heavy atom. The molecule has 0 N–H and O–H groups in total. The average Bonchev–Trinajstić information content (AvgIpc) is 3.11. The van der Waals surface area contributed by atoms with Crippen LogP contribution in [0.5, 0.6) is 0 Å². The lowest BCUT2D eigenvalue weighted by atomic mass is 9.99. The molecule has 0 bridgehead atoms. The summed E-state index contributed by atoms with van der Waals surface area (Å²) in [4.78, 5) is 17.5. The normalized spacial score (nSPS) is 18.0. The van der Waals surface area contributed by atoms with Gasteiger partial charge in [-0.25, -0.2) is 17.2 Å². The largest absolute Gasteiger partial charge is 0.310 e. The summed E-state index contributed by atoms with van der Waals surface area (Å²) in [5, 5.41) is 0.423. The van der Waals surface area contributed by atoms with Gasteiger partial charge in [0.2, 0.25) is 10.0 Å². The molecule has 6 nitrogen and oxygen atoms in total. The van der Waals surface area contributed by atoms with Gasteiger partial charge in [0.25, 0.3) is 5.91 Å². The highest BCUT2D eigenvalue weighted by molar-refractivity contribution is 7.89. The Morgan fingerprint density at radius 2 is 2.00 bits per heavy atom. The van der Waals surface area contributed by atoms with E-state index < -0.39 is 33.5 Å². The number of piperidine rings is 1. The monoisotopic (exact) mass is 511 g/mol. The number of hydrogen-bond acceptors (Lipinski definition) is 4. The number of nitrogens with zero attached hydrogens (tertiary/aromatic N) is 3. The fourth-order valence-corrected chi connectivity index (χ4v) is 6.55. The van der Waals surface area contributed by atoms with Gasteiger partial charge in [-0.3, -0.25) is 4.79 Å². The van der Waals surface area contributed by atoms with Crippen molar-refractivity contribution < 1.29 is 22.0 Å². The number of benzene rings is 2. The number of thiazole rings is 1. The smallest absolute Gasteiger partial charge is 0.252 e. The number of sulfonamides is 1. The molecule has 1 unspecified atom stereocenters. The molecular formula is C22H20ClF2N3O3S2. The fraction of sp³-hybridized carbons (Fsp3) is 0.273. The van der Waals surface area contributed by atoms with Crippen molar-refractivity contribution >= 4 is 49.1 Å². The lowest BCUT2D eigenvalue weighted by molar-refractivity contribution is -0.122. The van der Waals surface area contributed by atoms with Crippen molar-refractivity contribution in [2.24, 2.45) is 10.9 Å². The minimum absolute atomic E-state index is 0.0113. The summed E-state index contributed by atoms with van der Waals surface area (Å²) in [5.41, 5.74) is 0.142. The SMILES string of the molecule is C=CCn1c(=NC(=O)C2CCCN(S(=O)(=O)c3ccc(Cl)cc3)C2)sc2cc(F)cc(F)c21. The molecule has 174 valence electrons. The van der Waals surface area contributed by atoms with Gasteiger partial charge in [0, 0.05) is 30.7 Å². The quantitative estimate of drug-likeness (QED) is 0.478. The zero-order valence-electron chi connectivity index (χ0n) is 17.4. The van der Waals surface area contributed by atoms with E-state index >= 15 is 0 Å². The van der Waals surface area contributed by atoms with Gasteiger partial charge in [0.05, 0.1) is 21.0 Å². The summed E-state index contributed by atoms with van der Waals surface area (Å²) in [5.74, 6) is -2.63. The van der Waals surface area contributed by atoms with Gasteiger partial charge in [-0.05, 0) is 43.2 Å². The van der Waals surface area contributed by atoms with Crippen LogP contribution in [0.4, 0.5) is 8.78 Å². The van der Waals surface area contributed by atoms with Gasteiger partial charge < -0.3 is 4.57 Å². The average molecular weight is 512 g/mol.